The summed E-state index contributed by atoms with van der Waals surface area (Å²) < 4.78 is 11.5. The van der Waals surface area contributed by atoms with Crippen molar-refractivity contribution >= 4 is 5.91 Å². The zero-order valence-electron chi connectivity index (χ0n) is 13.8. The largest absolute Gasteiger partial charge is 0.496 e. The number of hydrogen-bond acceptors (Lipinski definition) is 4. The summed E-state index contributed by atoms with van der Waals surface area (Å²) >= 11 is 0. The molecule has 5 nitrogen and oxygen atoms in total. The SMILES string of the molecule is COc1cc(OC2CCNCC2)ccc1C(=O)N1CCCCC1. The van der Waals surface area contributed by atoms with Crippen molar-refractivity contribution in [3.63, 3.8) is 0 Å². The van der Waals surface area contributed by atoms with Crippen LogP contribution in [0, 0.1) is 0 Å². The molecule has 1 aromatic carbocycles. The van der Waals surface area contributed by atoms with E-state index in [1.807, 2.05) is 23.1 Å². The van der Waals surface area contributed by atoms with E-state index in [-0.39, 0.29) is 12.0 Å². The minimum Gasteiger partial charge on any atom is -0.496 e. The molecule has 0 spiro atoms. The van der Waals surface area contributed by atoms with Gasteiger partial charge in [0, 0.05) is 19.2 Å². The van der Waals surface area contributed by atoms with Crippen LogP contribution in [0.25, 0.3) is 0 Å². The molecule has 0 unspecified atom stereocenters. The number of piperidine rings is 2. The fraction of sp³-hybridized carbons (Fsp3) is 0.611. The Kier molecular flexibility index (Phi) is 5.39. The van der Waals surface area contributed by atoms with E-state index < -0.39 is 0 Å². The third-order valence-corrected chi connectivity index (χ3v) is 4.64. The van der Waals surface area contributed by atoms with Crippen LogP contribution >= 0.6 is 0 Å². The maximum absolute atomic E-state index is 12.7. The molecule has 2 aliphatic heterocycles. The molecule has 0 saturated carbocycles. The van der Waals surface area contributed by atoms with Gasteiger partial charge < -0.3 is 19.7 Å². The molecule has 2 aliphatic rings. The predicted molar refractivity (Wildman–Crippen MR) is 89.3 cm³/mol. The molecule has 0 aromatic heterocycles. The van der Waals surface area contributed by atoms with Crippen LogP contribution in [-0.2, 0) is 0 Å². The summed E-state index contributed by atoms with van der Waals surface area (Å²) in [5, 5.41) is 3.33. The molecular formula is C18H26N2O3. The van der Waals surface area contributed by atoms with Crippen LogP contribution in [0.5, 0.6) is 11.5 Å². The Morgan fingerprint density at radius 3 is 2.61 bits per heavy atom. The average Bonchev–Trinajstić information content (AvgIpc) is 2.62. The monoisotopic (exact) mass is 318 g/mol. The Morgan fingerprint density at radius 2 is 1.91 bits per heavy atom. The van der Waals surface area contributed by atoms with Gasteiger partial charge in [0.25, 0.3) is 5.91 Å². The molecule has 3 rings (SSSR count). The van der Waals surface area contributed by atoms with Crippen molar-refractivity contribution in [3.8, 4) is 11.5 Å². The fourth-order valence-corrected chi connectivity index (χ4v) is 3.29. The van der Waals surface area contributed by atoms with Crippen LogP contribution in [0.2, 0.25) is 0 Å². The number of nitrogens with zero attached hydrogens (tertiary/aromatic N) is 1. The molecule has 1 N–H and O–H groups in total. The van der Waals surface area contributed by atoms with Crippen LogP contribution in [0.4, 0.5) is 0 Å². The summed E-state index contributed by atoms with van der Waals surface area (Å²) in [6, 6.07) is 5.58. The van der Waals surface area contributed by atoms with Crippen LogP contribution in [-0.4, -0.2) is 50.2 Å². The summed E-state index contributed by atoms with van der Waals surface area (Å²) in [7, 11) is 1.61. The number of methoxy groups -OCH3 is 1. The Hall–Kier alpha value is -1.75. The topological polar surface area (TPSA) is 50.8 Å². The lowest BCUT2D eigenvalue weighted by atomic mass is 10.1. The molecule has 126 valence electrons. The maximum Gasteiger partial charge on any atom is 0.257 e. The Bertz CT molecular complexity index is 535. The molecule has 0 aliphatic carbocycles. The first-order valence-corrected chi connectivity index (χ1v) is 8.62. The minimum absolute atomic E-state index is 0.0648. The van der Waals surface area contributed by atoms with Crippen molar-refractivity contribution in [2.45, 2.75) is 38.2 Å². The summed E-state index contributed by atoms with van der Waals surface area (Å²) in [5.74, 6) is 1.45. The molecule has 23 heavy (non-hydrogen) atoms. The van der Waals surface area contributed by atoms with Crippen LogP contribution in [0.15, 0.2) is 18.2 Å². The second-order valence-corrected chi connectivity index (χ2v) is 6.28. The number of rotatable bonds is 4. The highest BCUT2D eigenvalue weighted by Gasteiger charge is 2.22. The zero-order chi connectivity index (χ0) is 16.1. The van der Waals surface area contributed by atoms with Crippen molar-refractivity contribution in [2.24, 2.45) is 0 Å². The Balaban J connectivity index is 1.72. The van der Waals surface area contributed by atoms with Crippen molar-refractivity contribution in [1.29, 1.82) is 0 Å². The summed E-state index contributed by atoms with van der Waals surface area (Å²) in [6.07, 6.45) is 5.65. The summed E-state index contributed by atoms with van der Waals surface area (Å²) in [4.78, 5) is 14.6. The molecule has 0 radical (unpaired) electrons. The highest BCUT2D eigenvalue weighted by Crippen LogP contribution is 2.28. The average molecular weight is 318 g/mol. The number of ether oxygens (including phenoxy) is 2. The summed E-state index contributed by atoms with van der Waals surface area (Å²) in [5.41, 5.74) is 0.632. The van der Waals surface area contributed by atoms with E-state index in [4.69, 9.17) is 9.47 Å². The van der Waals surface area contributed by atoms with Crippen LogP contribution in [0.1, 0.15) is 42.5 Å². The molecule has 2 saturated heterocycles. The second kappa shape index (κ2) is 7.68. The molecule has 0 bridgehead atoms. The van der Waals surface area contributed by atoms with E-state index in [0.29, 0.717) is 11.3 Å². The minimum atomic E-state index is 0.0648. The Labute approximate surface area is 137 Å². The normalized spacial score (nSPS) is 19.4. The van der Waals surface area contributed by atoms with Gasteiger partial charge in [-0.3, -0.25) is 4.79 Å². The van der Waals surface area contributed by atoms with Crippen LogP contribution < -0.4 is 14.8 Å². The maximum atomic E-state index is 12.7. The Morgan fingerprint density at radius 1 is 1.17 bits per heavy atom. The van der Waals surface area contributed by atoms with Gasteiger partial charge in [0.15, 0.2) is 0 Å². The van der Waals surface area contributed by atoms with Gasteiger partial charge in [-0.25, -0.2) is 0 Å². The zero-order valence-corrected chi connectivity index (χ0v) is 13.8. The number of hydrogen-bond donors (Lipinski definition) is 1. The van der Waals surface area contributed by atoms with Gasteiger partial charge in [-0.15, -0.1) is 0 Å². The number of amides is 1. The lowest BCUT2D eigenvalue weighted by Crippen LogP contribution is -2.35. The molecule has 2 heterocycles. The first kappa shape index (κ1) is 16.1. The smallest absolute Gasteiger partial charge is 0.257 e. The standard InChI is InChI=1S/C18H26N2O3/c1-22-17-13-15(23-14-7-9-19-10-8-14)5-6-16(17)18(21)20-11-3-2-4-12-20/h5-6,13-14,19H,2-4,7-12H2,1H3. The molecule has 1 amide bonds. The molecule has 5 heteroatoms. The molecule has 0 atom stereocenters. The molecule has 2 fully saturated rings. The van der Waals surface area contributed by atoms with E-state index in [2.05, 4.69) is 5.32 Å². The van der Waals surface area contributed by atoms with Gasteiger partial charge in [0.1, 0.15) is 17.6 Å². The lowest BCUT2D eigenvalue weighted by Gasteiger charge is -2.27. The third-order valence-electron chi connectivity index (χ3n) is 4.64. The predicted octanol–water partition coefficient (Wildman–Crippen LogP) is 2.45. The van der Waals surface area contributed by atoms with Gasteiger partial charge in [-0.05, 0) is 57.3 Å². The van der Waals surface area contributed by atoms with E-state index in [1.165, 1.54) is 6.42 Å². The number of benzene rings is 1. The number of carbonyl (C=O) groups is 1. The number of carbonyl (C=O) groups excluding carboxylic acids is 1. The van der Waals surface area contributed by atoms with Crippen molar-refractivity contribution in [2.75, 3.05) is 33.3 Å². The quantitative estimate of drug-likeness (QED) is 0.926. The number of likely N-dealkylation sites (tertiary alicyclic amines) is 1. The highest BCUT2D eigenvalue weighted by atomic mass is 16.5. The van der Waals surface area contributed by atoms with E-state index in [9.17, 15) is 4.79 Å². The third kappa shape index (κ3) is 3.96. The molecule has 1 aromatic rings. The van der Waals surface area contributed by atoms with E-state index in [0.717, 1.165) is 57.6 Å². The highest BCUT2D eigenvalue weighted by molar-refractivity contribution is 5.97. The van der Waals surface area contributed by atoms with Crippen molar-refractivity contribution in [1.82, 2.24) is 10.2 Å². The second-order valence-electron chi connectivity index (χ2n) is 6.28. The molecular weight excluding hydrogens is 292 g/mol. The van der Waals surface area contributed by atoms with Gasteiger partial charge >= 0.3 is 0 Å². The number of nitrogens with one attached hydrogen (secondary N) is 1. The van der Waals surface area contributed by atoms with Crippen molar-refractivity contribution < 1.29 is 14.3 Å². The van der Waals surface area contributed by atoms with Gasteiger partial charge in [-0.1, -0.05) is 0 Å². The first-order chi connectivity index (χ1) is 11.3. The fourth-order valence-electron chi connectivity index (χ4n) is 3.29. The van der Waals surface area contributed by atoms with Gasteiger partial charge in [0.05, 0.1) is 12.7 Å². The summed E-state index contributed by atoms with van der Waals surface area (Å²) in [6.45, 7) is 3.67. The van der Waals surface area contributed by atoms with Gasteiger partial charge in [0.2, 0.25) is 0 Å². The first-order valence-electron chi connectivity index (χ1n) is 8.62. The van der Waals surface area contributed by atoms with Crippen LogP contribution in [0.3, 0.4) is 0 Å². The van der Waals surface area contributed by atoms with E-state index >= 15 is 0 Å². The van der Waals surface area contributed by atoms with Crippen molar-refractivity contribution in [3.05, 3.63) is 23.8 Å². The van der Waals surface area contributed by atoms with E-state index in [1.54, 1.807) is 7.11 Å². The van der Waals surface area contributed by atoms with Gasteiger partial charge in [-0.2, -0.15) is 0 Å². The lowest BCUT2D eigenvalue weighted by molar-refractivity contribution is 0.0721.